The van der Waals surface area contributed by atoms with Gasteiger partial charge >= 0.3 is 0 Å². The summed E-state index contributed by atoms with van der Waals surface area (Å²) in [5, 5.41) is 6.11. The Balaban J connectivity index is 1.38. The lowest BCUT2D eigenvalue weighted by Crippen LogP contribution is -2.40. The maximum absolute atomic E-state index is 13.2. The topological polar surface area (TPSA) is 106 Å². The highest BCUT2D eigenvalue weighted by molar-refractivity contribution is 6.05. The van der Waals surface area contributed by atoms with Crippen LogP contribution in [0.15, 0.2) is 65.6 Å². The molecule has 0 saturated carbocycles. The number of carbonyl (C=O) groups is 2. The number of nitrogens with one attached hydrogen (secondary N) is 2. The molecule has 4 aromatic rings. The summed E-state index contributed by atoms with van der Waals surface area (Å²) in [4.78, 5) is 45.5. The van der Waals surface area contributed by atoms with Gasteiger partial charge in [0.15, 0.2) is 5.82 Å². The second kappa shape index (κ2) is 12.7. The quantitative estimate of drug-likeness (QED) is 0.290. The minimum atomic E-state index is -0.283. The number of aryl methyl sites for hydroxylation is 1. The second-order valence-corrected chi connectivity index (χ2v) is 11.8. The van der Waals surface area contributed by atoms with Gasteiger partial charge in [-0.05, 0) is 66.8 Å². The van der Waals surface area contributed by atoms with Crippen molar-refractivity contribution in [3.63, 3.8) is 0 Å². The highest BCUT2D eigenvalue weighted by Gasteiger charge is 2.19. The van der Waals surface area contributed by atoms with E-state index >= 15 is 0 Å². The van der Waals surface area contributed by atoms with E-state index in [4.69, 9.17) is 4.74 Å². The Hall–Kier alpha value is -4.94. The van der Waals surface area contributed by atoms with Crippen molar-refractivity contribution in [3.05, 3.63) is 106 Å². The van der Waals surface area contributed by atoms with Crippen LogP contribution in [0.3, 0.4) is 0 Å². The molecule has 1 aliphatic heterocycles. The molecule has 0 bridgehead atoms. The molecule has 0 radical (unpaired) electrons. The van der Waals surface area contributed by atoms with Gasteiger partial charge in [-0.3, -0.25) is 14.4 Å². The number of morpholine rings is 1. The molecule has 0 spiro atoms. The van der Waals surface area contributed by atoms with Gasteiger partial charge in [-0.1, -0.05) is 45.0 Å². The van der Waals surface area contributed by atoms with Crippen molar-refractivity contribution in [2.24, 2.45) is 0 Å². The molecule has 0 unspecified atom stereocenters. The zero-order valence-corrected chi connectivity index (χ0v) is 25.8. The Kier molecular flexibility index (Phi) is 8.83. The largest absolute Gasteiger partial charge is 0.378 e. The van der Waals surface area contributed by atoms with E-state index in [2.05, 4.69) is 48.5 Å². The van der Waals surface area contributed by atoms with Crippen molar-refractivity contribution in [3.8, 4) is 11.3 Å². The SMILES string of the molecule is CCn1cc(-c2c#ccc(NC(=O)c3ccc(C(C)(C)C)cc3)c2C)nc(Nc2ccc(C(=O)N3CCOCC3)cc2)c1=O. The van der Waals surface area contributed by atoms with Crippen LogP contribution in [-0.4, -0.2) is 52.6 Å². The Morgan fingerprint density at radius 3 is 2.30 bits per heavy atom. The van der Waals surface area contributed by atoms with Crippen LogP contribution < -0.4 is 16.2 Å². The van der Waals surface area contributed by atoms with E-state index in [0.29, 0.717) is 66.6 Å². The minimum absolute atomic E-state index is 0.00798. The van der Waals surface area contributed by atoms with Crippen molar-refractivity contribution < 1.29 is 14.3 Å². The van der Waals surface area contributed by atoms with Gasteiger partial charge in [0.2, 0.25) is 0 Å². The molecule has 5 rings (SSSR count). The maximum Gasteiger partial charge on any atom is 0.293 e. The summed E-state index contributed by atoms with van der Waals surface area (Å²) in [6.45, 7) is 12.8. The predicted molar refractivity (Wildman–Crippen MR) is 172 cm³/mol. The second-order valence-electron chi connectivity index (χ2n) is 11.8. The summed E-state index contributed by atoms with van der Waals surface area (Å²) in [5.41, 5.74) is 5.04. The molecule has 1 saturated heterocycles. The number of nitrogens with zero attached hydrogens (tertiary/aromatic N) is 3. The van der Waals surface area contributed by atoms with E-state index in [1.807, 2.05) is 38.1 Å². The first-order valence-electron chi connectivity index (χ1n) is 14.8. The fourth-order valence-corrected chi connectivity index (χ4v) is 4.98. The van der Waals surface area contributed by atoms with Gasteiger partial charge in [0.05, 0.1) is 30.2 Å². The number of carbonyl (C=O) groups excluding carboxylic acids is 2. The number of ether oxygens (including phenoxy) is 1. The van der Waals surface area contributed by atoms with Crippen molar-refractivity contribution in [1.29, 1.82) is 0 Å². The van der Waals surface area contributed by atoms with Gasteiger partial charge in [-0.25, -0.2) is 4.98 Å². The molecule has 1 aromatic heterocycles. The van der Waals surface area contributed by atoms with E-state index in [0.717, 1.165) is 11.1 Å². The molecule has 1 fully saturated rings. The number of aromatic nitrogens is 2. The van der Waals surface area contributed by atoms with Crippen molar-refractivity contribution in [2.75, 3.05) is 36.9 Å². The lowest BCUT2D eigenvalue weighted by Gasteiger charge is -2.26. The van der Waals surface area contributed by atoms with Gasteiger partial charge in [-0.2, -0.15) is 0 Å². The Bertz CT molecular complexity index is 1710. The molecule has 2 N–H and O–H groups in total. The van der Waals surface area contributed by atoms with Gasteiger partial charge in [0, 0.05) is 48.7 Å². The van der Waals surface area contributed by atoms with E-state index in [1.165, 1.54) is 0 Å². The zero-order valence-electron chi connectivity index (χ0n) is 25.8. The Labute approximate surface area is 257 Å². The van der Waals surface area contributed by atoms with Gasteiger partial charge in [0.25, 0.3) is 17.4 Å². The summed E-state index contributed by atoms with van der Waals surface area (Å²) < 4.78 is 6.91. The number of rotatable bonds is 7. The maximum atomic E-state index is 13.2. The van der Waals surface area contributed by atoms with Gasteiger partial charge in [0.1, 0.15) is 0 Å². The predicted octanol–water partition coefficient (Wildman–Crippen LogP) is 5.60. The van der Waals surface area contributed by atoms with Crippen LogP contribution in [-0.2, 0) is 16.7 Å². The smallest absolute Gasteiger partial charge is 0.293 e. The van der Waals surface area contributed by atoms with Gasteiger partial charge in [-0.15, -0.1) is 0 Å². The molecular weight excluding hydrogens is 554 g/mol. The number of hydrogen-bond donors (Lipinski definition) is 2. The molecule has 3 aromatic carbocycles. The normalized spacial score (nSPS) is 13.2. The highest BCUT2D eigenvalue weighted by Crippen LogP contribution is 2.27. The minimum Gasteiger partial charge on any atom is -0.378 e. The Morgan fingerprint density at radius 1 is 1.00 bits per heavy atom. The number of benzene rings is 2. The fraction of sp³-hybridized carbons (Fsp3) is 0.314. The molecule has 0 atom stereocenters. The summed E-state index contributed by atoms with van der Waals surface area (Å²) >= 11 is 0. The summed E-state index contributed by atoms with van der Waals surface area (Å²) in [6.07, 6.45) is 1.68. The average Bonchev–Trinajstić information content (AvgIpc) is 3.03. The first kappa shape index (κ1) is 30.5. The standard InChI is InChI=1S/C35H37N5O4/c1-6-39-22-30(28-8-7-9-29(23(28)2)38-32(41)24-10-14-26(15-11-24)35(3,4)5)37-31(34(39)43)36-27-16-12-25(13-17-27)33(42)40-18-20-44-21-19-40/h9-17,22H,6,18-21H2,1-5H3,(H,36,37)(H,38,41). The van der Waals surface area contributed by atoms with Crippen LogP contribution in [0.4, 0.5) is 17.2 Å². The van der Waals surface area contributed by atoms with Crippen molar-refractivity contribution >= 4 is 29.0 Å². The van der Waals surface area contributed by atoms with E-state index in [9.17, 15) is 14.4 Å². The van der Waals surface area contributed by atoms with Crippen molar-refractivity contribution in [1.82, 2.24) is 14.5 Å². The summed E-state index contributed by atoms with van der Waals surface area (Å²) in [7, 11) is 0. The molecule has 226 valence electrons. The fourth-order valence-electron chi connectivity index (χ4n) is 4.98. The van der Waals surface area contributed by atoms with Gasteiger partial charge < -0.3 is 24.8 Å². The zero-order chi connectivity index (χ0) is 31.4. The summed E-state index contributed by atoms with van der Waals surface area (Å²) in [6, 6.07) is 22.4. The third-order valence-electron chi connectivity index (χ3n) is 7.72. The number of hydrogen-bond acceptors (Lipinski definition) is 6. The average molecular weight is 592 g/mol. The van der Waals surface area contributed by atoms with Crippen LogP contribution in [0, 0.1) is 19.1 Å². The molecule has 2 heterocycles. The molecule has 2 amide bonds. The first-order valence-corrected chi connectivity index (χ1v) is 14.8. The Morgan fingerprint density at radius 2 is 1.66 bits per heavy atom. The van der Waals surface area contributed by atoms with Crippen LogP contribution in [0.1, 0.15) is 59.5 Å². The molecule has 0 aliphatic carbocycles. The lowest BCUT2D eigenvalue weighted by atomic mass is 9.86. The van der Waals surface area contributed by atoms with Crippen LogP contribution in [0.5, 0.6) is 0 Å². The van der Waals surface area contributed by atoms with Crippen molar-refractivity contribution in [2.45, 2.75) is 46.6 Å². The molecular formula is C35H37N5O4. The molecule has 44 heavy (non-hydrogen) atoms. The third-order valence-corrected chi connectivity index (χ3v) is 7.72. The monoisotopic (exact) mass is 591 g/mol. The first-order chi connectivity index (χ1) is 21.0. The summed E-state index contributed by atoms with van der Waals surface area (Å²) in [5.74, 6) is -0.147. The van der Waals surface area contributed by atoms with Crippen LogP contribution in [0.25, 0.3) is 11.3 Å². The number of anilines is 3. The highest BCUT2D eigenvalue weighted by atomic mass is 16.5. The molecule has 9 nitrogen and oxygen atoms in total. The molecule has 9 heteroatoms. The lowest BCUT2D eigenvalue weighted by molar-refractivity contribution is 0.0303. The number of amides is 2. The van der Waals surface area contributed by atoms with Crippen LogP contribution in [0.2, 0.25) is 0 Å². The third kappa shape index (κ3) is 6.66. The van der Waals surface area contributed by atoms with Crippen LogP contribution >= 0.6 is 0 Å². The van der Waals surface area contributed by atoms with E-state index in [-0.39, 0.29) is 28.6 Å². The van der Waals surface area contributed by atoms with E-state index in [1.54, 1.807) is 46.0 Å². The molecule has 1 aliphatic rings. The van der Waals surface area contributed by atoms with E-state index < -0.39 is 0 Å².